The van der Waals surface area contributed by atoms with Crippen LogP contribution in [0.1, 0.15) is 5.56 Å². The summed E-state index contributed by atoms with van der Waals surface area (Å²) in [7, 11) is 1.60. The Morgan fingerprint density at radius 2 is 2.28 bits per heavy atom. The van der Waals surface area contributed by atoms with Crippen molar-refractivity contribution in [2.24, 2.45) is 0 Å². The molecule has 1 aromatic rings. The van der Waals surface area contributed by atoms with Gasteiger partial charge in [-0.3, -0.25) is 4.79 Å². The molecule has 0 unspecified atom stereocenters. The summed E-state index contributed by atoms with van der Waals surface area (Å²) in [5.41, 5.74) is 8.53. The number of methoxy groups -OCH3 is 1. The van der Waals surface area contributed by atoms with Gasteiger partial charge in [0.05, 0.1) is 13.2 Å². The van der Waals surface area contributed by atoms with Crippen LogP contribution in [0.4, 0.5) is 11.4 Å². The summed E-state index contributed by atoms with van der Waals surface area (Å²) in [5, 5.41) is 0. The van der Waals surface area contributed by atoms with Crippen LogP contribution in [-0.4, -0.2) is 39.4 Å². The summed E-state index contributed by atoms with van der Waals surface area (Å²) >= 11 is 0. The number of carbonyl (C=O) groups excluding carboxylic acids is 1. The molecular formula is C13H18N2O3. The largest absolute Gasteiger partial charge is 0.399 e. The SMILES string of the molecule is COCCOCC(=O)N1CCc2cc(N)ccc21. The average molecular weight is 250 g/mol. The Bertz CT molecular complexity index is 434. The summed E-state index contributed by atoms with van der Waals surface area (Å²) in [5.74, 6) is -0.0189. The zero-order valence-corrected chi connectivity index (χ0v) is 10.5. The first-order valence-electron chi connectivity index (χ1n) is 5.98. The van der Waals surface area contributed by atoms with Crippen LogP contribution in [-0.2, 0) is 20.7 Å². The molecule has 0 saturated heterocycles. The topological polar surface area (TPSA) is 64.8 Å². The van der Waals surface area contributed by atoms with Gasteiger partial charge in [-0.2, -0.15) is 0 Å². The molecule has 0 radical (unpaired) electrons. The van der Waals surface area contributed by atoms with Gasteiger partial charge >= 0.3 is 0 Å². The molecule has 1 heterocycles. The van der Waals surface area contributed by atoms with Crippen molar-refractivity contribution in [3.05, 3.63) is 23.8 Å². The van der Waals surface area contributed by atoms with Crippen LogP contribution in [0.15, 0.2) is 18.2 Å². The number of nitrogens with two attached hydrogens (primary N) is 1. The van der Waals surface area contributed by atoms with Gasteiger partial charge in [-0.1, -0.05) is 0 Å². The molecule has 2 N–H and O–H groups in total. The molecular weight excluding hydrogens is 232 g/mol. The first-order chi connectivity index (χ1) is 8.72. The van der Waals surface area contributed by atoms with E-state index in [4.69, 9.17) is 15.2 Å². The normalized spacial score (nSPS) is 13.7. The molecule has 0 aromatic heterocycles. The van der Waals surface area contributed by atoms with Gasteiger partial charge in [-0.15, -0.1) is 0 Å². The van der Waals surface area contributed by atoms with Crippen molar-refractivity contribution in [2.75, 3.05) is 44.1 Å². The number of fused-ring (bicyclic) bond motifs is 1. The van der Waals surface area contributed by atoms with E-state index < -0.39 is 0 Å². The molecule has 0 aliphatic carbocycles. The lowest BCUT2D eigenvalue weighted by Crippen LogP contribution is -2.32. The minimum absolute atomic E-state index is 0.0189. The van der Waals surface area contributed by atoms with Crippen LogP contribution in [0.2, 0.25) is 0 Å². The maximum absolute atomic E-state index is 12.0. The average Bonchev–Trinajstić information content (AvgIpc) is 2.77. The lowest BCUT2D eigenvalue weighted by atomic mass is 10.1. The number of hydrogen-bond acceptors (Lipinski definition) is 4. The molecule has 0 saturated carbocycles. The predicted octanol–water partition coefficient (Wildman–Crippen LogP) is 0.821. The molecule has 0 atom stereocenters. The third-order valence-corrected chi connectivity index (χ3v) is 2.96. The summed E-state index contributed by atoms with van der Waals surface area (Å²) in [6, 6.07) is 5.63. The van der Waals surface area contributed by atoms with Crippen molar-refractivity contribution in [3.63, 3.8) is 0 Å². The van der Waals surface area contributed by atoms with E-state index in [-0.39, 0.29) is 12.5 Å². The van der Waals surface area contributed by atoms with Crippen LogP contribution in [0.5, 0.6) is 0 Å². The summed E-state index contributed by atoms with van der Waals surface area (Å²) in [6.07, 6.45) is 0.851. The Kier molecular flexibility index (Phi) is 4.17. The van der Waals surface area contributed by atoms with Crippen molar-refractivity contribution in [2.45, 2.75) is 6.42 Å². The molecule has 98 valence electrons. The molecule has 5 nitrogen and oxygen atoms in total. The number of hydrogen-bond donors (Lipinski definition) is 1. The fraction of sp³-hybridized carbons (Fsp3) is 0.462. The van der Waals surface area contributed by atoms with Crippen LogP contribution >= 0.6 is 0 Å². The first kappa shape index (κ1) is 12.9. The molecule has 18 heavy (non-hydrogen) atoms. The van der Waals surface area contributed by atoms with E-state index in [1.54, 1.807) is 12.0 Å². The van der Waals surface area contributed by atoms with Crippen LogP contribution in [0.25, 0.3) is 0 Å². The maximum Gasteiger partial charge on any atom is 0.252 e. The van der Waals surface area contributed by atoms with Crippen molar-refractivity contribution < 1.29 is 14.3 Å². The number of carbonyl (C=O) groups is 1. The minimum Gasteiger partial charge on any atom is -0.399 e. The van der Waals surface area contributed by atoms with Crippen LogP contribution < -0.4 is 10.6 Å². The highest BCUT2D eigenvalue weighted by atomic mass is 16.5. The zero-order valence-electron chi connectivity index (χ0n) is 10.5. The molecule has 1 aromatic carbocycles. The van der Waals surface area contributed by atoms with Gasteiger partial charge in [-0.25, -0.2) is 0 Å². The second-order valence-electron chi connectivity index (χ2n) is 4.23. The van der Waals surface area contributed by atoms with E-state index in [1.165, 1.54) is 0 Å². The maximum atomic E-state index is 12.0. The Balaban J connectivity index is 1.94. The standard InChI is InChI=1S/C13H18N2O3/c1-17-6-7-18-9-13(16)15-5-4-10-8-11(14)2-3-12(10)15/h2-3,8H,4-7,9,14H2,1H3. The summed E-state index contributed by atoms with van der Waals surface area (Å²) < 4.78 is 10.1. The number of ether oxygens (including phenoxy) is 2. The van der Waals surface area contributed by atoms with Crippen molar-refractivity contribution in [1.29, 1.82) is 0 Å². The number of amides is 1. The number of rotatable bonds is 5. The van der Waals surface area contributed by atoms with E-state index in [2.05, 4.69) is 0 Å². The molecule has 1 aliphatic heterocycles. The highest BCUT2D eigenvalue weighted by Gasteiger charge is 2.24. The lowest BCUT2D eigenvalue weighted by Gasteiger charge is -2.17. The number of benzene rings is 1. The van der Waals surface area contributed by atoms with Gasteiger partial charge < -0.3 is 20.1 Å². The Morgan fingerprint density at radius 3 is 3.06 bits per heavy atom. The van der Waals surface area contributed by atoms with Gasteiger partial charge in [0.25, 0.3) is 5.91 Å². The van der Waals surface area contributed by atoms with Crippen molar-refractivity contribution in [3.8, 4) is 0 Å². The van der Waals surface area contributed by atoms with Gasteiger partial charge in [-0.05, 0) is 30.2 Å². The molecule has 2 rings (SSSR count). The minimum atomic E-state index is -0.0189. The van der Waals surface area contributed by atoms with E-state index in [1.807, 2.05) is 18.2 Å². The molecule has 0 bridgehead atoms. The summed E-state index contributed by atoms with van der Waals surface area (Å²) in [4.78, 5) is 13.7. The highest BCUT2D eigenvalue weighted by molar-refractivity contribution is 5.96. The molecule has 1 aliphatic rings. The van der Waals surface area contributed by atoms with E-state index in [0.717, 1.165) is 23.4 Å². The summed E-state index contributed by atoms with van der Waals surface area (Å²) in [6.45, 7) is 1.73. The van der Waals surface area contributed by atoms with Crippen LogP contribution in [0.3, 0.4) is 0 Å². The highest BCUT2D eigenvalue weighted by Crippen LogP contribution is 2.29. The van der Waals surface area contributed by atoms with E-state index in [0.29, 0.717) is 19.8 Å². The zero-order chi connectivity index (χ0) is 13.0. The predicted molar refractivity (Wildman–Crippen MR) is 69.6 cm³/mol. The van der Waals surface area contributed by atoms with Gasteiger partial charge in [0.1, 0.15) is 6.61 Å². The van der Waals surface area contributed by atoms with Crippen molar-refractivity contribution >= 4 is 17.3 Å². The fourth-order valence-corrected chi connectivity index (χ4v) is 2.06. The molecule has 5 heteroatoms. The molecule has 0 fully saturated rings. The first-order valence-corrected chi connectivity index (χ1v) is 5.98. The lowest BCUT2D eigenvalue weighted by molar-refractivity contribution is -0.123. The Labute approximate surface area is 106 Å². The van der Waals surface area contributed by atoms with Crippen molar-refractivity contribution in [1.82, 2.24) is 0 Å². The Hall–Kier alpha value is -1.59. The second kappa shape index (κ2) is 5.84. The third kappa shape index (κ3) is 2.80. The Morgan fingerprint density at radius 1 is 1.44 bits per heavy atom. The van der Waals surface area contributed by atoms with E-state index >= 15 is 0 Å². The van der Waals surface area contributed by atoms with Crippen LogP contribution in [0, 0.1) is 0 Å². The van der Waals surface area contributed by atoms with Gasteiger partial charge in [0.15, 0.2) is 0 Å². The quantitative estimate of drug-likeness (QED) is 0.620. The molecule has 1 amide bonds. The smallest absolute Gasteiger partial charge is 0.252 e. The van der Waals surface area contributed by atoms with Gasteiger partial charge in [0.2, 0.25) is 0 Å². The fourth-order valence-electron chi connectivity index (χ4n) is 2.06. The molecule has 0 spiro atoms. The third-order valence-electron chi connectivity index (χ3n) is 2.96. The number of nitrogen functional groups attached to an aromatic ring is 1. The van der Waals surface area contributed by atoms with Gasteiger partial charge in [0, 0.05) is 25.0 Å². The monoisotopic (exact) mass is 250 g/mol. The number of nitrogens with zero attached hydrogens (tertiary/aromatic N) is 1. The number of anilines is 2. The van der Waals surface area contributed by atoms with E-state index in [9.17, 15) is 4.79 Å². The second-order valence-corrected chi connectivity index (χ2v) is 4.23.